The van der Waals surface area contributed by atoms with Crippen LogP contribution in [0, 0.1) is 26.7 Å². The van der Waals surface area contributed by atoms with E-state index in [0.717, 1.165) is 47.7 Å². The van der Waals surface area contributed by atoms with Crippen molar-refractivity contribution in [2.24, 2.45) is 5.92 Å². The van der Waals surface area contributed by atoms with E-state index in [0.29, 0.717) is 23.9 Å². The molecule has 4 rings (SSSR count). The van der Waals surface area contributed by atoms with Gasteiger partial charge in [0.25, 0.3) is 0 Å². The number of halogens is 1. The first-order chi connectivity index (χ1) is 14.9. The first-order valence-corrected chi connectivity index (χ1v) is 11.2. The van der Waals surface area contributed by atoms with Crippen molar-refractivity contribution < 1.29 is 4.79 Å². The average Bonchev–Trinajstić information content (AvgIpc) is 3.35. The third-order valence-electron chi connectivity index (χ3n) is 6.17. The SMILES string of the molecule is Cc1ccc(-n2nc(C)c(CC(=O)NCC3CCN(c4ccccc4)C3)c2C)cc1Cl. The van der Waals surface area contributed by atoms with Crippen molar-refractivity contribution in [1.29, 1.82) is 0 Å². The summed E-state index contributed by atoms with van der Waals surface area (Å²) in [7, 11) is 0. The predicted octanol–water partition coefficient (Wildman–Crippen LogP) is 4.64. The van der Waals surface area contributed by atoms with Crippen molar-refractivity contribution in [3.63, 3.8) is 0 Å². The summed E-state index contributed by atoms with van der Waals surface area (Å²) < 4.78 is 1.87. The number of benzene rings is 2. The van der Waals surface area contributed by atoms with Crippen LogP contribution in [0.25, 0.3) is 5.69 Å². The van der Waals surface area contributed by atoms with Gasteiger partial charge in [-0.1, -0.05) is 35.9 Å². The highest BCUT2D eigenvalue weighted by atomic mass is 35.5. The molecule has 0 aliphatic carbocycles. The molecule has 2 aromatic carbocycles. The molecular weight excluding hydrogens is 408 g/mol. The first-order valence-electron chi connectivity index (χ1n) is 10.8. The smallest absolute Gasteiger partial charge is 0.224 e. The second-order valence-corrected chi connectivity index (χ2v) is 8.82. The van der Waals surface area contributed by atoms with Gasteiger partial charge in [0, 0.05) is 41.6 Å². The summed E-state index contributed by atoms with van der Waals surface area (Å²) in [5.41, 5.74) is 6.03. The van der Waals surface area contributed by atoms with E-state index < -0.39 is 0 Å². The van der Waals surface area contributed by atoms with Gasteiger partial charge in [0.1, 0.15) is 0 Å². The van der Waals surface area contributed by atoms with Crippen LogP contribution in [0.3, 0.4) is 0 Å². The van der Waals surface area contributed by atoms with Crippen molar-refractivity contribution in [1.82, 2.24) is 15.1 Å². The lowest BCUT2D eigenvalue weighted by Gasteiger charge is -2.18. The number of hydrogen-bond donors (Lipinski definition) is 1. The van der Waals surface area contributed by atoms with E-state index in [9.17, 15) is 4.79 Å². The molecule has 0 radical (unpaired) electrons. The van der Waals surface area contributed by atoms with Crippen LogP contribution in [-0.2, 0) is 11.2 Å². The predicted molar refractivity (Wildman–Crippen MR) is 126 cm³/mol. The molecule has 1 aliphatic heterocycles. The Bertz CT molecular complexity index is 1080. The lowest BCUT2D eigenvalue weighted by Crippen LogP contribution is -2.32. The Balaban J connectivity index is 1.36. The number of rotatable bonds is 6. The Morgan fingerprint density at radius 1 is 1.13 bits per heavy atom. The van der Waals surface area contributed by atoms with Gasteiger partial charge in [0.2, 0.25) is 5.91 Å². The third-order valence-corrected chi connectivity index (χ3v) is 6.58. The van der Waals surface area contributed by atoms with Crippen LogP contribution >= 0.6 is 11.6 Å². The summed E-state index contributed by atoms with van der Waals surface area (Å²) in [6, 6.07) is 16.4. The maximum atomic E-state index is 12.7. The molecule has 31 heavy (non-hydrogen) atoms. The number of nitrogens with one attached hydrogen (secondary N) is 1. The highest BCUT2D eigenvalue weighted by molar-refractivity contribution is 6.31. The van der Waals surface area contributed by atoms with Gasteiger partial charge in [-0.25, -0.2) is 4.68 Å². The molecule has 1 unspecified atom stereocenters. The maximum Gasteiger partial charge on any atom is 0.224 e. The summed E-state index contributed by atoms with van der Waals surface area (Å²) in [5.74, 6) is 0.523. The number of carbonyl (C=O) groups excluding carboxylic acids is 1. The van der Waals surface area contributed by atoms with Crippen LogP contribution in [-0.4, -0.2) is 35.3 Å². The van der Waals surface area contributed by atoms with E-state index in [1.807, 2.05) is 49.7 Å². The van der Waals surface area contributed by atoms with Crippen molar-refractivity contribution in [3.05, 3.63) is 76.1 Å². The molecule has 1 fully saturated rings. The van der Waals surface area contributed by atoms with Gasteiger partial charge in [0.15, 0.2) is 0 Å². The lowest BCUT2D eigenvalue weighted by atomic mass is 10.1. The summed E-state index contributed by atoms with van der Waals surface area (Å²) in [5, 5.41) is 8.51. The Hall–Kier alpha value is -2.79. The van der Waals surface area contributed by atoms with Crippen molar-refractivity contribution in [2.75, 3.05) is 24.5 Å². The Kier molecular flexibility index (Phi) is 6.33. The van der Waals surface area contributed by atoms with Crippen LogP contribution in [0.5, 0.6) is 0 Å². The molecule has 1 N–H and O–H groups in total. The van der Waals surface area contributed by atoms with Gasteiger partial charge < -0.3 is 10.2 Å². The zero-order valence-corrected chi connectivity index (χ0v) is 19.1. The van der Waals surface area contributed by atoms with Gasteiger partial charge in [-0.05, 0) is 62.9 Å². The molecule has 1 amide bonds. The Morgan fingerprint density at radius 3 is 2.65 bits per heavy atom. The molecular formula is C25H29ClN4O. The topological polar surface area (TPSA) is 50.2 Å². The van der Waals surface area contributed by atoms with Gasteiger partial charge in [-0.2, -0.15) is 5.10 Å². The fraction of sp³-hybridized carbons (Fsp3) is 0.360. The van der Waals surface area contributed by atoms with Gasteiger partial charge >= 0.3 is 0 Å². The number of aryl methyl sites for hydroxylation is 2. The molecule has 1 aliphatic rings. The van der Waals surface area contributed by atoms with Crippen LogP contribution in [0.15, 0.2) is 48.5 Å². The van der Waals surface area contributed by atoms with E-state index >= 15 is 0 Å². The fourth-order valence-electron chi connectivity index (χ4n) is 4.25. The van der Waals surface area contributed by atoms with E-state index in [1.54, 1.807) is 0 Å². The minimum atomic E-state index is 0.0471. The van der Waals surface area contributed by atoms with Gasteiger partial charge in [-0.15, -0.1) is 0 Å². The second-order valence-electron chi connectivity index (χ2n) is 8.41. The average molecular weight is 437 g/mol. The first kappa shape index (κ1) is 21.4. The molecule has 0 bridgehead atoms. The van der Waals surface area contributed by atoms with E-state index in [4.69, 9.17) is 11.6 Å². The van der Waals surface area contributed by atoms with Crippen molar-refractivity contribution in [3.8, 4) is 5.69 Å². The largest absolute Gasteiger partial charge is 0.371 e. The van der Waals surface area contributed by atoms with Crippen molar-refractivity contribution >= 4 is 23.2 Å². The second kappa shape index (κ2) is 9.15. The van der Waals surface area contributed by atoms with E-state index in [2.05, 4.69) is 39.6 Å². The summed E-state index contributed by atoms with van der Waals surface area (Å²) >= 11 is 6.29. The maximum absolute atomic E-state index is 12.7. The monoisotopic (exact) mass is 436 g/mol. The lowest BCUT2D eigenvalue weighted by molar-refractivity contribution is -0.120. The van der Waals surface area contributed by atoms with Crippen LogP contribution in [0.1, 0.15) is 28.9 Å². The highest BCUT2D eigenvalue weighted by Gasteiger charge is 2.23. The molecule has 162 valence electrons. The minimum Gasteiger partial charge on any atom is -0.371 e. The molecule has 0 spiro atoms. The number of anilines is 1. The van der Waals surface area contributed by atoms with Crippen LogP contribution in [0.4, 0.5) is 5.69 Å². The number of aromatic nitrogens is 2. The number of para-hydroxylation sites is 1. The number of carbonyl (C=O) groups is 1. The minimum absolute atomic E-state index is 0.0471. The molecule has 6 heteroatoms. The number of nitrogens with zero attached hydrogens (tertiary/aromatic N) is 3. The van der Waals surface area contributed by atoms with E-state index in [1.165, 1.54) is 5.69 Å². The molecule has 1 atom stereocenters. The third kappa shape index (κ3) is 4.77. The zero-order chi connectivity index (χ0) is 22.0. The van der Waals surface area contributed by atoms with Gasteiger partial charge in [0.05, 0.1) is 17.8 Å². The molecule has 1 saturated heterocycles. The summed E-state index contributed by atoms with van der Waals surface area (Å²) in [4.78, 5) is 15.1. The molecule has 5 nitrogen and oxygen atoms in total. The highest BCUT2D eigenvalue weighted by Crippen LogP contribution is 2.24. The molecule has 0 saturated carbocycles. The molecule has 1 aromatic heterocycles. The van der Waals surface area contributed by atoms with Crippen LogP contribution in [0.2, 0.25) is 5.02 Å². The van der Waals surface area contributed by atoms with Crippen molar-refractivity contribution in [2.45, 2.75) is 33.6 Å². The Labute approximate surface area is 189 Å². The Morgan fingerprint density at radius 2 is 1.90 bits per heavy atom. The van der Waals surface area contributed by atoms with Gasteiger partial charge in [-0.3, -0.25) is 4.79 Å². The van der Waals surface area contributed by atoms with Crippen LogP contribution < -0.4 is 10.2 Å². The standard InChI is InChI=1S/C25H29ClN4O/c1-17-9-10-22(13-24(17)26)30-19(3)23(18(2)28-30)14-25(31)27-15-20-11-12-29(16-20)21-7-5-4-6-8-21/h4-10,13,20H,11-12,14-16H2,1-3H3,(H,27,31). The summed E-state index contributed by atoms with van der Waals surface area (Å²) in [6.45, 7) is 8.67. The molecule has 3 aromatic rings. The number of amides is 1. The zero-order valence-electron chi connectivity index (χ0n) is 18.4. The number of hydrogen-bond acceptors (Lipinski definition) is 3. The molecule has 2 heterocycles. The normalized spacial score (nSPS) is 16.0. The quantitative estimate of drug-likeness (QED) is 0.612. The fourth-order valence-corrected chi connectivity index (χ4v) is 4.42. The van der Waals surface area contributed by atoms with E-state index in [-0.39, 0.29) is 5.91 Å². The summed E-state index contributed by atoms with van der Waals surface area (Å²) in [6.07, 6.45) is 1.44.